The van der Waals surface area contributed by atoms with E-state index < -0.39 is 0 Å². The zero-order chi connectivity index (χ0) is 12.5. The first-order valence-electron chi connectivity index (χ1n) is 6.46. The van der Waals surface area contributed by atoms with Gasteiger partial charge in [-0.1, -0.05) is 38.5 Å². The lowest BCUT2D eigenvalue weighted by atomic mass is 10.0. The summed E-state index contributed by atoms with van der Waals surface area (Å²) in [6.07, 6.45) is 3.70. The van der Waals surface area contributed by atoms with Crippen molar-refractivity contribution in [2.75, 3.05) is 13.7 Å². The zero-order valence-electron chi connectivity index (χ0n) is 11.2. The minimum atomic E-state index is 0.198. The molecule has 1 aromatic rings. The second-order valence-corrected chi connectivity index (χ2v) is 4.57. The van der Waals surface area contributed by atoms with Crippen LogP contribution in [-0.4, -0.2) is 19.8 Å². The van der Waals surface area contributed by atoms with Crippen LogP contribution in [0.5, 0.6) is 5.75 Å². The van der Waals surface area contributed by atoms with Crippen LogP contribution in [0.1, 0.15) is 33.1 Å². The van der Waals surface area contributed by atoms with Crippen molar-refractivity contribution in [2.24, 2.45) is 5.92 Å². The highest BCUT2D eigenvalue weighted by Crippen LogP contribution is 2.15. The summed E-state index contributed by atoms with van der Waals surface area (Å²) in [5.74, 6) is 1.68. The van der Waals surface area contributed by atoms with E-state index in [1.807, 2.05) is 30.3 Å². The van der Waals surface area contributed by atoms with Crippen LogP contribution in [0.15, 0.2) is 30.3 Å². The van der Waals surface area contributed by atoms with E-state index in [9.17, 15) is 0 Å². The number of para-hydroxylation sites is 1. The standard InChI is InChI=1S/C15H24O2/c1-4-13(2)10-11-15(16-3)12-17-14-8-6-5-7-9-14/h5-9,13,15H,4,10-12H2,1-3H3. The number of rotatable bonds is 8. The lowest BCUT2D eigenvalue weighted by molar-refractivity contribution is 0.0477. The van der Waals surface area contributed by atoms with Crippen LogP contribution in [0.2, 0.25) is 0 Å². The first kappa shape index (κ1) is 14.0. The summed E-state index contributed by atoms with van der Waals surface area (Å²) in [7, 11) is 1.76. The molecule has 0 saturated carbocycles. The normalized spacial score (nSPS) is 14.3. The fraction of sp³-hybridized carbons (Fsp3) is 0.600. The van der Waals surface area contributed by atoms with Gasteiger partial charge in [0.2, 0.25) is 0 Å². The predicted octanol–water partition coefficient (Wildman–Crippen LogP) is 3.91. The zero-order valence-corrected chi connectivity index (χ0v) is 11.2. The minimum Gasteiger partial charge on any atom is -0.491 e. The Labute approximate surface area is 105 Å². The molecule has 0 N–H and O–H groups in total. The molecule has 96 valence electrons. The lowest BCUT2D eigenvalue weighted by Crippen LogP contribution is -2.21. The van der Waals surface area contributed by atoms with Crippen molar-refractivity contribution < 1.29 is 9.47 Å². The maximum atomic E-state index is 5.70. The number of ether oxygens (including phenoxy) is 2. The van der Waals surface area contributed by atoms with Crippen molar-refractivity contribution in [1.29, 1.82) is 0 Å². The van der Waals surface area contributed by atoms with E-state index in [4.69, 9.17) is 9.47 Å². The first-order valence-corrected chi connectivity index (χ1v) is 6.46. The molecule has 1 rings (SSSR count). The summed E-state index contributed by atoms with van der Waals surface area (Å²) in [6, 6.07) is 9.90. The summed E-state index contributed by atoms with van der Waals surface area (Å²) in [6.45, 7) is 5.15. The van der Waals surface area contributed by atoms with Crippen LogP contribution >= 0.6 is 0 Å². The molecule has 0 fully saturated rings. The molecule has 0 radical (unpaired) electrons. The number of hydrogen-bond acceptors (Lipinski definition) is 2. The Hall–Kier alpha value is -1.02. The van der Waals surface area contributed by atoms with Gasteiger partial charge in [-0.05, 0) is 30.9 Å². The molecule has 17 heavy (non-hydrogen) atoms. The summed E-state index contributed by atoms with van der Waals surface area (Å²) >= 11 is 0. The number of methoxy groups -OCH3 is 1. The molecule has 2 atom stereocenters. The van der Waals surface area contributed by atoms with E-state index in [-0.39, 0.29) is 6.10 Å². The third-order valence-electron chi connectivity index (χ3n) is 3.19. The minimum absolute atomic E-state index is 0.198. The van der Waals surface area contributed by atoms with Gasteiger partial charge >= 0.3 is 0 Å². The van der Waals surface area contributed by atoms with Gasteiger partial charge in [-0.2, -0.15) is 0 Å². The van der Waals surface area contributed by atoms with Crippen LogP contribution in [0.4, 0.5) is 0 Å². The van der Waals surface area contributed by atoms with Gasteiger partial charge in [0.15, 0.2) is 0 Å². The Morgan fingerprint density at radius 3 is 2.41 bits per heavy atom. The molecule has 0 aliphatic heterocycles. The first-order chi connectivity index (χ1) is 8.26. The van der Waals surface area contributed by atoms with Crippen molar-refractivity contribution in [3.63, 3.8) is 0 Å². The van der Waals surface area contributed by atoms with Crippen molar-refractivity contribution in [3.8, 4) is 5.75 Å². The Bertz CT molecular complexity index is 284. The Balaban J connectivity index is 2.27. The fourth-order valence-electron chi connectivity index (χ4n) is 1.65. The van der Waals surface area contributed by atoms with Crippen molar-refractivity contribution in [1.82, 2.24) is 0 Å². The van der Waals surface area contributed by atoms with E-state index >= 15 is 0 Å². The second-order valence-electron chi connectivity index (χ2n) is 4.57. The molecule has 0 heterocycles. The molecule has 2 heteroatoms. The second kappa shape index (κ2) is 8.13. The van der Waals surface area contributed by atoms with E-state index in [2.05, 4.69) is 13.8 Å². The molecule has 1 aromatic carbocycles. The third-order valence-corrected chi connectivity index (χ3v) is 3.19. The Kier molecular flexibility index (Phi) is 6.71. The molecule has 2 nitrogen and oxygen atoms in total. The van der Waals surface area contributed by atoms with E-state index in [1.54, 1.807) is 7.11 Å². The van der Waals surface area contributed by atoms with Crippen LogP contribution < -0.4 is 4.74 Å². The summed E-state index contributed by atoms with van der Waals surface area (Å²) < 4.78 is 11.1. The van der Waals surface area contributed by atoms with Gasteiger partial charge < -0.3 is 9.47 Å². The summed E-state index contributed by atoms with van der Waals surface area (Å²) in [5.41, 5.74) is 0. The van der Waals surface area contributed by atoms with Gasteiger partial charge in [0.1, 0.15) is 12.4 Å². The molecular formula is C15H24O2. The largest absolute Gasteiger partial charge is 0.491 e. The van der Waals surface area contributed by atoms with E-state index in [0.717, 1.165) is 18.1 Å². The lowest BCUT2D eigenvalue weighted by Gasteiger charge is -2.18. The smallest absolute Gasteiger partial charge is 0.119 e. The topological polar surface area (TPSA) is 18.5 Å². The highest BCUT2D eigenvalue weighted by atomic mass is 16.5. The molecule has 0 spiro atoms. The van der Waals surface area contributed by atoms with Crippen molar-refractivity contribution in [2.45, 2.75) is 39.2 Å². The molecule has 0 saturated heterocycles. The Morgan fingerprint density at radius 1 is 1.12 bits per heavy atom. The molecular weight excluding hydrogens is 212 g/mol. The third kappa shape index (κ3) is 5.73. The van der Waals surface area contributed by atoms with E-state index in [0.29, 0.717) is 6.61 Å². The molecule has 0 amide bonds. The van der Waals surface area contributed by atoms with Gasteiger partial charge in [-0.3, -0.25) is 0 Å². The highest BCUT2D eigenvalue weighted by molar-refractivity contribution is 5.20. The average Bonchev–Trinajstić information content (AvgIpc) is 2.39. The maximum absolute atomic E-state index is 5.70. The van der Waals surface area contributed by atoms with E-state index in [1.165, 1.54) is 12.8 Å². The van der Waals surface area contributed by atoms with Crippen LogP contribution in [-0.2, 0) is 4.74 Å². The molecule has 0 aliphatic carbocycles. The highest BCUT2D eigenvalue weighted by Gasteiger charge is 2.10. The number of hydrogen-bond donors (Lipinski definition) is 0. The monoisotopic (exact) mass is 236 g/mol. The fourth-order valence-corrected chi connectivity index (χ4v) is 1.65. The van der Waals surface area contributed by atoms with Crippen LogP contribution in [0.25, 0.3) is 0 Å². The van der Waals surface area contributed by atoms with Crippen LogP contribution in [0.3, 0.4) is 0 Å². The summed E-state index contributed by atoms with van der Waals surface area (Å²) in [5, 5.41) is 0. The van der Waals surface area contributed by atoms with Gasteiger partial charge in [-0.25, -0.2) is 0 Å². The molecule has 0 aliphatic rings. The average molecular weight is 236 g/mol. The predicted molar refractivity (Wildman–Crippen MR) is 71.4 cm³/mol. The maximum Gasteiger partial charge on any atom is 0.119 e. The van der Waals surface area contributed by atoms with Crippen molar-refractivity contribution in [3.05, 3.63) is 30.3 Å². The van der Waals surface area contributed by atoms with Crippen molar-refractivity contribution >= 4 is 0 Å². The number of benzene rings is 1. The summed E-state index contributed by atoms with van der Waals surface area (Å²) in [4.78, 5) is 0. The van der Waals surface area contributed by atoms with Gasteiger partial charge in [-0.15, -0.1) is 0 Å². The van der Waals surface area contributed by atoms with Gasteiger partial charge in [0, 0.05) is 7.11 Å². The van der Waals surface area contributed by atoms with Crippen LogP contribution in [0, 0.1) is 5.92 Å². The van der Waals surface area contributed by atoms with Gasteiger partial charge in [0.25, 0.3) is 0 Å². The SMILES string of the molecule is CCC(C)CCC(COc1ccccc1)OC. The molecule has 0 bridgehead atoms. The molecule has 0 aromatic heterocycles. The quantitative estimate of drug-likeness (QED) is 0.681. The Morgan fingerprint density at radius 2 is 1.82 bits per heavy atom. The van der Waals surface area contributed by atoms with Gasteiger partial charge in [0.05, 0.1) is 6.10 Å². The molecule has 2 unspecified atom stereocenters.